The Morgan fingerprint density at radius 3 is 2.71 bits per heavy atom. The molecule has 4 heteroatoms. The summed E-state index contributed by atoms with van der Waals surface area (Å²) in [6, 6.07) is 5.01. The summed E-state index contributed by atoms with van der Waals surface area (Å²) in [6.07, 6.45) is 0.992. The second-order valence-electron chi connectivity index (χ2n) is 3.83. The molecule has 0 heterocycles. The van der Waals surface area contributed by atoms with Gasteiger partial charge in [-0.1, -0.05) is 19.1 Å². The highest BCUT2D eigenvalue weighted by Crippen LogP contribution is 2.25. The molecule has 1 aromatic carbocycles. The number of rotatable bonds is 7. The molecule has 0 radical (unpaired) electrons. The minimum Gasteiger partial charge on any atom is -0.494 e. The van der Waals surface area contributed by atoms with Crippen LogP contribution in [0, 0.1) is 5.82 Å². The summed E-state index contributed by atoms with van der Waals surface area (Å²) >= 11 is 0. The zero-order valence-corrected chi connectivity index (χ0v) is 10.6. The first-order valence-electron chi connectivity index (χ1n) is 5.79. The fraction of sp³-hybridized carbons (Fsp3) is 0.538. The third kappa shape index (κ3) is 3.68. The minimum atomic E-state index is -0.319. The maximum absolute atomic E-state index is 14.1. The van der Waals surface area contributed by atoms with Crippen molar-refractivity contribution in [2.75, 3.05) is 27.4 Å². The lowest BCUT2D eigenvalue weighted by Crippen LogP contribution is -2.26. The Hall–Kier alpha value is -1.13. The van der Waals surface area contributed by atoms with Gasteiger partial charge in [0, 0.05) is 12.7 Å². The number of hydrogen-bond acceptors (Lipinski definition) is 3. The van der Waals surface area contributed by atoms with Crippen molar-refractivity contribution in [2.45, 2.75) is 19.4 Å². The lowest BCUT2D eigenvalue weighted by atomic mass is 10.1. The van der Waals surface area contributed by atoms with E-state index < -0.39 is 0 Å². The average Bonchev–Trinajstić information content (AvgIpc) is 2.35. The van der Waals surface area contributed by atoms with Crippen LogP contribution >= 0.6 is 0 Å². The number of hydrogen-bond donors (Lipinski definition) is 1. The molecule has 0 aromatic heterocycles. The zero-order chi connectivity index (χ0) is 12.7. The summed E-state index contributed by atoms with van der Waals surface area (Å²) in [5.74, 6) is -0.0532. The lowest BCUT2D eigenvalue weighted by molar-refractivity contribution is 0.165. The van der Waals surface area contributed by atoms with Crippen LogP contribution in [0.15, 0.2) is 18.2 Å². The van der Waals surface area contributed by atoms with Crippen molar-refractivity contribution in [1.82, 2.24) is 5.32 Å². The molecule has 0 amide bonds. The predicted molar refractivity (Wildman–Crippen MR) is 65.9 cm³/mol. The first-order valence-corrected chi connectivity index (χ1v) is 5.79. The SMILES string of the molecule is CCCNC(COC)c1cccc(OC)c1F. The molecule has 96 valence electrons. The van der Waals surface area contributed by atoms with Crippen LogP contribution in [0.5, 0.6) is 5.75 Å². The molecular formula is C13H20FNO2. The van der Waals surface area contributed by atoms with Crippen LogP contribution < -0.4 is 10.1 Å². The first kappa shape index (κ1) is 13.9. The molecule has 1 unspecified atom stereocenters. The molecule has 0 aliphatic carbocycles. The molecule has 17 heavy (non-hydrogen) atoms. The van der Waals surface area contributed by atoms with Crippen molar-refractivity contribution >= 4 is 0 Å². The van der Waals surface area contributed by atoms with Gasteiger partial charge in [0.2, 0.25) is 0 Å². The fourth-order valence-electron chi connectivity index (χ4n) is 1.70. The van der Waals surface area contributed by atoms with E-state index in [0.29, 0.717) is 12.2 Å². The number of nitrogens with one attached hydrogen (secondary N) is 1. The van der Waals surface area contributed by atoms with Gasteiger partial charge in [-0.3, -0.25) is 0 Å². The van der Waals surface area contributed by atoms with Gasteiger partial charge in [-0.15, -0.1) is 0 Å². The second-order valence-corrected chi connectivity index (χ2v) is 3.83. The van der Waals surface area contributed by atoms with Gasteiger partial charge in [0.05, 0.1) is 19.8 Å². The fourth-order valence-corrected chi connectivity index (χ4v) is 1.70. The van der Waals surface area contributed by atoms with Crippen LogP contribution in [0.4, 0.5) is 4.39 Å². The highest BCUT2D eigenvalue weighted by molar-refractivity contribution is 5.33. The Bertz CT molecular complexity index is 344. The number of methoxy groups -OCH3 is 2. The van der Waals surface area contributed by atoms with Crippen LogP contribution in [0.2, 0.25) is 0 Å². The van der Waals surface area contributed by atoms with Gasteiger partial charge < -0.3 is 14.8 Å². The minimum absolute atomic E-state index is 0.143. The van der Waals surface area contributed by atoms with E-state index in [2.05, 4.69) is 12.2 Å². The highest BCUT2D eigenvalue weighted by atomic mass is 19.1. The monoisotopic (exact) mass is 241 g/mol. The molecule has 1 rings (SSSR count). The Balaban J connectivity index is 2.92. The molecule has 1 N–H and O–H groups in total. The van der Waals surface area contributed by atoms with Crippen LogP contribution in [-0.2, 0) is 4.74 Å². The number of halogens is 1. The Labute approximate surface area is 102 Å². The quantitative estimate of drug-likeness (QED) is 0.795. The number of benzene rings is 1. The summed E-state index contributed by atoms with van der Waals surface area (Å²) in [5.41, 5.74) is 0.583. The summed E-state index contributed by atoms with van der Waals surface area (Å²) in [6.45, 7) is 3.33. The van der Waals surface area contributed by atoms with Gasteiger partial charge in [-0.05, 0) is 19.0 Å². The van der Waals surface area contributed by atoms with Crippen molar-refractivity contribution < 1.29 is 13.9 Å². The van der Waals surface area contributed by atoms with Crippen molar-refractivity contribution in [3.63, 3.8) is 0 Å². The van der Waals surface area contributed by atoms with Gasteiger partial charge in [0.25, 0.3) is 0 Å². The van der Waals surface area contributed by atoms with Crippen LogP contribution in [-0.4, -0.2) is 27.4 Å². The molecule has 1 atom stereocenters. The third-order valence-electron chi connectivity index (χ3n) is 2.56. The first-order chi connectivity index (χ1) is 8.24. The zero-order valence-electron chi connectivity index (χ0n) is 10.6. The third-order valence-corrected chi connectivity index (χ3v) is 2.56. The van der Waals surface area contributed by atoms with E-state index in [0.717, 1.165) is 13.0 Å². The van der Waals surface area contributed by atoms with Crippen molar-refractivity contribution in [1.29, 1.82) is 0 Å². The predicted octanol–water partition coefficient (Wildman–Crippen LogP) is 2.52. The van der Waals surface area contributed by atoms with Gasteiger partial charge in [0.1, 0.15) is 0 Å². The molecule has 0 saturated carbocycles. The Kier molecular flexibility index (Phi) is 5.94. The van der Waals surface area contributed by atoms with E-state index in [1.165, 1.54) is 7.11 Å². The van der Waals surface area contributed by atoms with E-state index in [4.69, 9.17) is 9.47 Å². The maximum Gasteiger partial charge on any atom is 0.169 e. The Morgan fingerprint density at radius 1 is 1.35 bits per heavy atom. The summed E-state index contributed by atoms with van der Waals surface area (Å²) in [4.78, 5) is 0. The van der Waals surface area contributed by atoms with Gasteiger partial charge in [-0.25, -0.2) is 4.39 Å². The van der Waals surface area contributed by atoms with Gasteiger partial charge >= 0.3 is 0 Å². The normalized spacial score (nSPS) is 12.5. The number of ether oxygens (including phenoxy) is 2. The Morgan fingerprint density at radius 2 is 2.12 bits per heavy atom. The van der Waals surface area contributed by atoms with Gasteiger partial charge in [-0.2, -0.15) is 0 Å². The van der Waals surface area contributed by atoms with E-state index in [-0.39, 0.29) is 17.6 Å². The molecule has 1 aromatic rings. The largest absolute Gasteiger partial charge is 0.494 e. The maximum atomic E-state index is 14.1. The van der Waals surface area contributed by atoms with E-state index in [1.54, 1.807) is 25.3 Å². The lowest BCUT2D eigenvalue weighted by Gasteiger charge is -2.19. The topological polar surface area (TPSA) is 30.5 Å². The highest BCUT2D eigenvalue weighted by Gasteiger charge is 2.17. The molecule has 3 nitrogen and oxygen atoms in total. The molecule has 0 aliphatic rings. The summed E-state index contributed by atoms with van der Waals surface area (Å²) < 4.78 is 24.1. The molecule has 0 spiro atoms. The van der Waals surface area contributed by atoms with E-state index >= 15 is 0 Å². The second kappa shape index (κ2) is 7.25. The average molecular weight is 241 g/mol. The molecule has 0 bridgehead atoms. The molecular weight excluding hydrogens is 221 g/mol. The standard InChI is InChI=1S/C13H20FNO2/c1-4-8-15-11(9-16-2)10-6-5-7-12(17-3)13(10)14/h5-7,11,15H,4,8-9H2,1-3H3. The van der Waals surface area contributed by atoms with E-state index in [9.17, 15) is 4.39 Å². The van der Waals surface area contributed by atoms with Crippen LogP contribution in [0.3, 0.4) is 0 Å². The van der Waals surface area contributed by atoms with Crippen molar-refractivity contribution in [3.8, 4) is 5.75 Å². The smallest absolute Gasteiger partial charge is 0.169 e. The van der Waals surface area contributed by atoms with Crippen molar-refractivity contribution in [3.05, 3.63) is 29.6 Å². The summed E-state index contributed by atoms with van der Waals surface area (Å²) in [5, 5.41) is 3.26. The molecule has 0 saturated heterocycles. The molecule has 0 aliphatic heterocycles. The molecule has 0 fully saturated rings. The van der Waals surface area contributed by atoms with Crippen LogP contribution in [0.25, 0.3) is 0 Å². The van der Waals surface area contributed by atoms with Gasteiger partial charge in [0.15, 0.2) is 11.6 Å². The van der Waals surface area contributed by atoms with E-state index in [1.807, 2.05) is 0 Å². The summed E-state index contributed by atoms with van der Waals surface area (Å²) in [7, 11) is 3.08. The van der Waals surface area contributed by atoms with Crippen molar-refractivity contribution in [2.24, 2.45) is 0 Å². The van der Waals surface area contributed by atoms with Crippen LogP contribution in [0.1, 0.15) is 24.9 Å².